The number of anilines is 1. The van der Waals surface area contributed by atoms with Gasteiger partial charge in [0, 0.05) is 11.5 Å². The Morgan fingerprint density at radius 1 is 0.750 bits per heavy atom. The van der Waals surface area contributed by atoms with E-state index in [0.717, 1.165) is 24.1 Å². The van der Waals surface area contributed by atoms with Crippen molar-refractivity contribution < 1.29 is 14.6 Å². The maximum absolute atomic E-state index is 6.27. The van der Waals surface area contributed by atoms with Gasteiger partial charge in [-0.05, 0) is 25.0 Å². The third-order valence-corrected chi connectivity index (χ3v) is 4.80. The van der Waals surface area contributed by atoms with Gasteiger partial charge in [-0.15, -0.1) is 0 Å². The molecule has 0 N–H and O–H groups in total. The van der Waals surface area contributed by atoms with E-state index in [0.29, 0.717) is 5.92 Å². The molecular weight excluding hydrogens is 302 g/mol. The first-order chi connectivity index (χ1) is 11.9. The number of hydrogen-bond donors (Lipinski definition) is 0. The quantitative estimate of drug-likeness (QED) is 0.744. The van der Waals surface area contributed by atoms with Gasteiger partial charge in [-0.2, -0.15) is 4.89 Å². The summed E-state index contributed by atoms with van der Waals surface area (Å²) >= 11 is 0. The molecule has 4 heteroatoms. The van der Waals surface area contributed by atoms with Crippen LogP contribution < -0.4 is 5.06 Å². The van der Waals surface area contributed by atoms with Gasteiger partial charge in [0.25, 0.3) is 0 Å². The average Bonchev–Trinajstić information content (AvgIpc) is 2.69. The van der Waals surface area contributed by atoms with Crippen molar-refractivity contribution in [1.82, 2.24) is 0 Å². The van der Waals surface area contributed by atoms with Crippen molar-refractivity contribution in [2.45, 2.75) is 44.6 Å². The van der Waals surface area contributed by atoms with Gasteiger partial charge in [-0.25, -0.2) is 14.8 Å². The van der Waals surface area contributed by atoms with E-state index in [1.54, 1.807) is 0 Å². The van der Waals surface area contributed by atoms with Crippen molar-refractivity contribution in [2.75, 3.05) is 5.06 Å². The van der Waals surface area contributed by atoms with Gasteiger partial charge in [0.1, 0.15) is 0 Å². The topological polar surface area (TPSA) is 30.9 Å². The maximum atomic E-state index is 6.27. The van der Waals surface area contributed by atoms with Crippen LogP contribution in [0.1, 0.15) is 43.9 Å². The first-order valence-electron chi connectivity index (χ1n) is 8.80. The molecule has 2 aromatic rings. The van der Waals surface area contributed by atoms with Crippen molar-refractivity contribution in [3.05, 3.63) is 66.2 Å². The summed E-state index contributed by atoms with van der Waals surface area (Å²) in [6, 6.07) is 20.1. The fourth-order valence-electron chi connectivity index (χ4n) is 3.48. The lowest BCUT2D eigenvalue weighted by Gasteiger charge is -2.41. The predicted octanol–water partition coefficient (Wildman–Crippen LogP) is 4.99. The molecule has 4 rings (SSSR count). The molecule has 0 amide bonds. The first-order valence-corrected chi connectivity index (χ1v) is 8.80. The molecule has 4 nitrogen and oxygen atoms in total. The number of benzene rings is 2. The lowest BCUT2D eigenvalue weighted by molar-refractivity contribution is -0.461. The number of hydrogen-bond acceptors (Lipinski definition) is 4. The molecule has 2 atom stereocenters. The van der Waals surface area contributed by atoms with E-state index < -0.39 is 6.23 Å². The van der Waals surface area contributed by atoms with Crippen LogP contribution in [0.2, 0.25) is 0 Å². The summed E-state index contributed by atoms with van der Waals surface area (Å²) in [4.78, 5) is 17.7. The summed E-state index contributed by atoms with van der Waals surface area (Å²) in [5, 5.41) is 1.85. The molecule has 1 aliphatic carbocycles. The minimum atomic E-state index is -0.409. The third-order valence-electron chi connectivity index (χ3n) is 4.80. The Labute approximate surface area is 142 Å². The number of para-hydroxylation sites is 1. The van der Waals surface area contributed by atoms with Crippen molar-refractivity contribution in [3.8, 4) is 0 Å². The van der Waals surface area contributed by atoms with Crippen LogP contribution >= 0.6 is 0 Å². The molecule has 126 valence electrons. The Balaban J connectivity index is 1.59. The zero-order valence-electron chi connectivity index (χ0n) is 13.7. The summed E-state index contributed by atoms with van der Waals surface area (Å²) < 4.78 is 0. The van der Waals surface area contributed by atoms with Gasteiger partial charge in [-0.1, -0.05) is 67.8 Å². The van der Waals surface area contributed by atoms with Gasteiger partial charge in [-0.3, -0.25) is 0 Å². The van der Waals surface area contributed by atoms with Gasteiger partial charge in [0.05, 0.1) is 5.69 Å². The lowest BCUT2D eigenvalue weighted by Crippen LogP contribution is -2.45. The normalized spacial score (nSPS) is 25.6. The molecule has 1 saturated heterocycles. The molecule has 1 saturated carbocycles. The highest BCUT2D eigenvalue weighted by atomic mass is 17.3. The van der Waals surface area contributed by atoms with Crippen molar-refractivity contribution >= 4 is 5.69 Å². The summed E-state index contributed by atoms with van der Waals surface area (Å²) in [6.45, 7) is 0. The molecule has 0 radical (unpaired) electrons. The molecular formula is C20H23NO3. The molecule has 0 spiro atoms. The number of rotatable bonds is 3. The summed E-state index contributed by atoms with van der Waals surface area (Å²) in [6.07, 6.45) is 5.29. The van der Waals surface area contributed by atoms with Crippen LogP contribution in [0, 0.1) is 5.92 Å². The molecule has 2 aliphatic rings. The van der Waals surface area contributed by atoms with E-state index in [-0.39, 0.29) is 6.29 Å². The molecule has 0 aromatic heterocycles. The SMILES string of the molecule is c1ccc(C2OOC(C3CCCCC3)ON2c2ccccc2)cc1. The van der Waals surface area contributed by atoms with E-state index in [1.807, 2.05) is 65.7 Å². The van der Waals surface area contributed by atoms with Crippen molar-refractivity contribution in [1.29, 1.82) is 0 Å². The fraction of sp³-hybridized carbons (Fsp3) is 0.400. The zero-order valence-corrected chi connectivity index (χ0v) is 13.7. The molecule has 2 fully saturated rings. The van der Waals surface area contributed by atoms with Gasteiger partial charge >= 0.3 is 0 Å². The van der Waals surface area contributed by atoms with Crippen molar-refractivity contribution in [2.24, 2.45) is 5.92 Å². The minimum Gasteiger partial charge on any atom is -0.235 e. The molecule has 2 unspecified atom stereocenters. The second-order valence-electron chi connectivity index (χ2n) is 6.49. The van der Waals surface area contributed by atoms with Gasteiger partial charge < -0.3 is 0 Å². The van der Waals surface area contributed by atoms with E-state index >= 15 is 0 Å². The molecule has 1 aliphatic heterocycles. The first kappa shape index (κ1) is 15.6. The second-order valence-corrected chi connectivity index (χ2v) is 6.49. The highest BCUT2D eigenvalue weighted by molar-refractivity contribution is 5.45. The van der Waals surface area contributed by atoms with Gasteiger partial charge in [0.2, 0.25) is 12.5 Å². The summed E-state index contributed by atoms with van der Waals surface area (Å²) in [5.41, 5.74) is 1.97. The van der Waals surface area contributed by atoms with Crippen LogP contribution in [0.25, 0.3) is 0 Å². The monoisotopic (exact) mass is 325 g/mol. The van der Waals surface area contributed by atoms with Crippen LogP contribution in [0.3, 0.4) is 0 Å². The molecule has 24 heavy (non-hydrogen) atoms. The highest BCUT2D eigenvalue weighted by Gasteiger charge is 2.37. The Hall–Kier alpha value is -1.88. The Morgan fingerprint density at radius 2 is 1.42 bits per heavy atom. The number of nitrogens with zero attached hydrogens (tertiary/aromatic N) is 1. The van der Waals surface area contributed by atoms with Crippen LogP contribution in [0.15, 0.2) is 60.7 Å². The van der Waals surface area contributed by atoms with E-state index in [4.69, 9.17) is 14.6 Å². The Bertz CT molecular complexity index is 628. The van der Waals surface area contributed by atoms with Crippen LogP contribution in [0.5, 0.6) is 0 Å². The predicted molar refractivity (Wildman–Crippen MR) is 91.7 cm³/mol. The standard InChI is InChI=1S/C20H23NO3/c1-4-10-16(11-5-1)19-21(18-14-8-3-9-15-18)22-20(24-23-19)17-12-6-2-7-13-17/h1,3-5,8-11,14-15,17,19-20H,2,6-7,12-13H2. The molecule has 2 aromatic carbocycles. The minimum absolute atomic E-state index is 0.342. The Kier molecular flexibility index (Phi) is 4.78. The molecule has 1 heterocycles. The largest absolute Gasteiger partial charge is 0.235 e. The van der Waals surface area contributed by atoms with Crippen LogP contribution in [-0.4, -0.2) is 6.29 Å². The smallest absolute Gasteiger partial charge is 0.220 e. The van der Waals surface area contributed by atoms with E-state index in [9.17, 15) is 0 Å². The van der Waals surface area contributed by atoms with E-state index in [1.165, 1.54) is 19.3 Å². The van der Waals surface area contributed by atoms with Crippen molar-refractivity contribution in [3.63, 3.8) is 0 Å². The van der Waals surface area contributed by atoms with Crippen LogP contribution in [-0.2, 0) is 14.6 Å². The zero-order chi connectivity index (χ0) is 16.2. The van der Waals surface area contributed by atoms with E-state index in [2.05, 4.69) is 0 Å². The Morgan fingerprint density at radius 3 is 2.12 bits per heavy atom. The number of hydroxylamine groups is 1. The third kappa shape index (κ3) is 3.31. The van der Waals surface area contributed by atoms with Gasteiger partial charge in [0.15, 0.2) is 0 Å². The summed E-state index contributed by atoms with van der Waals surface area (Å²) in [7, 11) is 0. The highest BCUT2D eigenvalue weighted by Crippen LogP contribution is 2.38. The summed E-state index contributed by atoms with van der Waals surface area (Å²) in [5.74, 6) is 0.390. The second kappa shape index (κ2) is 7.34. The van der Waals surface area contributed by atoms with Crippen LogP contribution in [0.4, 0.5) is 5.69 Å². The average molecular weight is 325 g/mol. The lowest BCUT2D eigenvalue weighted by atomic mass is 9.89. The molecule has 0 bridgehead atoms. The fourth-order valence-corrected chi connectivity index (χ4v) is 3.48. The maximum Gasteiger partial charge on any atom is 0.220 e.